The molecule has 12 heteroatoms. The van der Waals surface area contributed by atoms with Crippen LogP contribution in [0.5, 0.6) is 5.75 Å². The Labute approximate surface area is 150 Å². The number of nitrogens with zero attached hydrogens (tertiary/aromatic N) is 2. The van der Waals surface area contributed by atoms with Crippen LogP contribution < -0.4 is 10.1 Å². The first-order valence-electron chi connectivity index (χ1n) is 7.34. The van der Waals surface area contributed by atoms with Gasteiger partial charge in [-0.1, -0.05) is 16.8 Å². The molecule has 1 aliphatic rings. The molecule has 0 bridgehead atoms. The largest absolute Gasteiger partial charge is 0.493 e. The second-order valence-electron chi connectivity index (χ2n) is 5.11. The molecule has 0 spiro atoms. The van der Waals surface area contributed by atoms with Crippen molar-refractivity contribution in [3.05, 3.63) is 29.0 Å². The SMILES string of the molecule is O=C(COc1ccc(Cl)c(F)c1)N(OC(=O)C(F)(F)F)N1CCNCC1. The number of benzene rings is 1. The standard InChI is InChI=1S/C14H14ClF4N3O4/c15-10-2-1-9(7-11(10)16)25-8-12(23)22(21-5-3-20-4-6-21)26-13(24)14(17,18)19/h1-2,7,20H,3-6,8H2. The van der Waals surface area contributed by atoms with Gasteiger partial charge in [0, 0.05) is 32.2 Å². The first-order chi connectivity index (χ1) is 12.2. The summed E-state index contributed by atoms with van der Waals surface area (Å²) in [4.78, 5) is 27.5. The molecule has 2 rings (SSSR count). The monoisotopic (exact) mass is 399 g/mol. The van der Waals surface area contributed by atoms with E-state index in [-0.39, 0.29) is 29.0 Å². The molecule has 26 heavy (non-hydrogen) atoms. The summed E-state index contributed by atoms with van der Waals surface area (Å²) in [5.74, 6) is -4.47. The molecule has 0 atom stereocenters. The van der Waals surface area contributed by atoms with Gasteiger partial charge in [-0.2, -0.15) is 18.2 Å². The van der Waals surface area contributed by atoms with E-state index in [0.717, 1.165) is 11.1 Å². The fraction of sp³-hybridized carbons (Fsp3) is 0.429. The Bertz CT molecular complexity index is 668. The van der Waals surface area contributed by atoms with Gasteiger partial charge in [0.1, 0.15) is 11.6 Å². The van der Waals surface area contributed by atoms with Gasteiger partial charge in [-0.15, -0.1) is 0 Å². The van der Waals surface area contributed by atoms with Crippen LogP contribution >= 0.6 is 11.6 Å². The maximum absolute atomic E-state index is 13.3. The number of nitrogens with one attached hydrogen (secondary N) is 1. The Morgan fingerprint density at radius 2 is 1.92 bits per heavy atom. The first kappa shape index (κ1) is 20.2. The van der Waals surface area contributed by atoms with Crippen LogP contribution in [0.2, 0.25) is 5.02 Å². The van der Waals surface area contributed by atoms with Gasteiger partial charge in [-0.3, -0.25) is 4.79 Å². The van der Waals surface area contributed by atoms with Gasteiger partial charge >= 0.3 is 18.1 Å². The molecule has 1 heterocycles. The van der Waals surface area contributed by atoms with Crippen LogP contribution in [0.3, 0.4) is 0 Å². The van der Waals surface area contributed by atoms with Crippen molar-refractivity contribution in [1.29, 1.82) is 0 Å². The van der Waals surface area contributed by atoms with E-state index in [1.807, 2.05) is 0 Å². The molecule has 1 saturated heterocycles. The smallest absolute Gasteiger partial charge is 0.483 e. The summed E-state index contributed by atoms with van der Waals surface area (Å²) in [6, 6.07) is 3.37. The Morgan fingerprint density at radius 1 is 1.27 bits per heavy atom. The van der Waals surface area contributed by atoms with E-state index in [1.54, 1.807) is 0 Å². The topological polar surface area (TPSA) is 71.1 Å². The molecule has 1 N–H and O–H groups in total. The van der Waals surface area contributed by atoms with Gasteiger partial charge in [0.25, 0.3) is 0 Å². The number of hydrazine groups is 1. The van der Waals surface area contributed by atoms with Crippen molar-refractivity contribution in [2.75, 3.05) is 32.8 Å². The fourth-order valence-electron chi connectivity index (χ4n) is 2.00. The Morgan fingerprint density at radius 3 is 2.50 bits per heavy atom. The lowest BCUT2D eigenvalue weighted by Crippen LogP contribution is -2.56. The van der Waals surface area contributed by atoms with E-state index < -0.39 is 30.5 Å². The van der Waals surface area contributed by atoms with Crippen molar-refractivity contribution in [1.82, 2.24) is 15.5 Å². The van der Waals surface area contributed by atoms with Gasteiger partial charge in [0.15, 0.2) is 6.61 Å². The molecule has 0 unspecified atom stereocenters. The maximum atomic E-state index is 13.3. The van der Waals surface area contributed by atoms with Crippen LogP contribution in [0.1, 0.15) is 0 Å². The van der Waals surface area contributed by atoms with E-state index in [9.17, 15) is 27.2 Å². The van der Waals surface area contributed by atoms with Crippen LogP contribution in [-0.4, -0.2) is 61.0 Å². The lowest BCUT2D eigenvalue weighted by molar-refractivity contribution is -0.283. The predicted octanol–water partition coefficient (Wildman–Crippen LogP) is 1.53. The number of carbonyl (C=O) groups is 2. The lowest BCUT2D eigenvalue weighted by Gasteiger charge is -2.35. The van der Waals surface area contributed by atoms with E-state index in [4.69, 9.17) is 16.3 Å². The molecule has 0 saturated carbocycles. The average molecular weight is 400 g/mol. The zero-order valence-electron chi connectivity index (χ0n) is 13.2. The Kier molecular flexibility index (Phi) is 6.62. The van der Waals surface area contributed by atoms with Crippen LogP contribution in [0.15, 0.2) is 18.2 Å². The molecule has 7 nitrogen and oxygen atoms in total. The lowest BCUT2D eigenvalue weighted by atomic mass is 10.3. The van der Waals surface area contributed by atoms with Crippen molar-refractivity contribution >= 4 is 23.5 Å². The molecule has 1 aromatic carbocycles. The highest BCUT2D eigenvalue weighted by molar-refractivity contribution is 6.30. The van der Waals surface area contributed by atoms with Gasteiger partial charge in [0.2, 0.25) is 0 Å². The molecule has 0 aromatic heterocycles. The number of alkyl halides is 3. The number of hydrogen-bond acceptors (Lipinski definition) is 6. The molecule has 0 radical (unpaired) electrons. The second kappa shape index (κ2) is 8.52. The number of amides is 1. The number of hydrogen-bond donors (Lipinski definition) is 1. The summed E-state index contributed by atoms with van der Waals surface area (Å²) in [6.45, 7) is 0.224. The second-order valence-corrected chi connectivity index (χ2v) is 5.52. The summed E-state index contributed by atoms with van der Waals surface area (Å²) >= 11 is 5.51. The number of ether oxygens (including phenoxy) is 1. The Balaban J connectivity index is 2.06. The molecule has 1 aromatic rings. The minimum Gasteiger partial charge on any atom is -0.483 e. The first-order valence-corrected chi connectivity index (χ1v) is 7.72. The molecular formula is C14H14ClF4N3O4. The van der Waals surface area contributed by atoms with Gasteiger partial charge < -0.3 is 14.9 Å². The quantitative estimate of drug-likeness (QED) is 0.611. The number of carbonyl (C=O) groups excluding carboxylic acids is 2. The highest BCUT2D eigenvalue weighted by Crippen LogP contribution is 2.21. The molecule has 1 fully saturated rings. The zero-order chi connectivity index (χ0) is 19.3. The van der Waals surface area contributed by atoms with Gasteiger partial charge in [0.05, 0.1) is 5.02 Å². The van der Waals surface area contributed by atoms with Crippen LogP contribution in [-0.2, 0) is 14.4 Å². The van der Waals surface area contributed by atoms with Crippen LogP contribution in [0.4, 0.5) is 17.6 Å². The minimum atomic E-state index is -5.27. The summed E-state index contributed by atoms with van der Waals surface area (Å²) in [5, 5.41) is 4.13. The third kappa shape index (κ3) is 5.44. The van der Waals surface area contributed by atoms with E-state index in [0.29, 0.717) is 13.1 Å². The zero-order valence-corrected chi connectivity index (χ0v) is 13.9. The number of halogens is 5. The summed E-state index contributed by atoms with van der Waals surface area (Å²) in [6.07, 6.45) is -5.27. The van der Waals surface area contributed by atoms with Crippen molar-refractivity contribution < 1.29 is 36.7 Å². The molecular weight excluding hydrogens is 386 g/mol. The molecule has 144 valence electrons. The summed E-state index contributed by atoms with van der Waals surface area (Å²) in [5.41, 5.74) is 0. The highest BCUT2D eigenvalue weighted by Gasteiger charge is 2.44. The third-order valence-electron chi connectivity index (χ3n) is 3.22. The number of rotatable bonds is 4. The third-order valence-corrected chi connectivity index (χ3v) is 3.52. The van der Waals surface area contributed by atoms with Gasteiger partial charge in [-0.05, 0) is 12.1 Å². The molecule has 1 amide bonds. The van der Waals surface area contributed by atoms with Crippen molar-refractivity contribution in [2.45, 2.75) is 6.18 Å². The van der Waals surface area contributed by atoms with Crippen LogP contribution in [0.25, 0.3) is 0 Å². The number of hydroxylamine groups is 1. The minimum absolute atomic E-state index is 0.0670. The van der Waals surface area contributed by atoms with Crippen molar-refractivity contribution in [3.63, 3.8) is 0 Å². The van der Waals surface area contributed by atoms with E-state index >= 15 is 0 Å². The van der Waals surface area contributed by atoms with E-state index in [2.05, 4.69) is 10.2 Å². The van der Waals surface area contributed by atoms with Crippen LogP contribution in [0, 0.1) is 5.82 Å². The van der Waals surface area contributed by atoms with Crippen molar-refractivity contribution in [3.8, 4) is 5.75 Å². The summed E-state index contributed by atoms with van der Waals surface area (Å²) < 4.78 is 55.7. The molecule has 0 aliphatic carbocycles. The average Bonchev–Trinajstić information content (AvgIpc) is 2.60. The van der Waals surface area contributed by atoms with E-state index in [1.165, 1.54) is 12.1 Å². The van der Waals surface area contributed by atoms with Crippen molar-refractivity contribution in [2.24, 2.45) is 0 Å². The Hall–Kier alpha value is -2.11. The normalized spacial score (nSPS) is 15.4. The number of piperazine rings is 1. The fourth-order valence-corrected chi connectivity index (χ4v) is 2.12. The summed E-state index contributed by atoms with van der Waals surface area (Å²) in [7, 11) is 0. The highest BCUT2D eigenvalue weighted by atomic mass is 35.5. The molecule has 1 aliphatic heterocycles. The maximum Gasteiger partial charge on any atom is 0.493 e. The van der Waals surface area contributed by atoms with Gasteiger partial charge in [-0.25, -0.2) is 9.18 Å². The predicted molar refractivity (Wildman–Crippen MR) is 80.3 cm³/mol.